The molecule has 0 saturated heterocycles. The second kappa shape index (κ2) is 7.55. The van der Waals surface area contributed by atoms with Crippen molar-refractivity contribution in [2.45, 2.75) is 0 Å². The van der Waals surface area contributed by atoms with Crippen molar-refractivity contribution in [2.75, 3.05) is 19.5 Å². The highest BCUT2D eigenvalue weighted by Gasteiger charge is 2.08. The van der Waals surface area contributed by atoms with Crippen LogP contribution in [0.25, 0.3) is 16.3 Å². The first kappa shape index (κ1) is 17.3. The van der Waals surface area contributed by atoms with Crippen LogP contribution in [0.15, 0.2) is 42.5 Å². The number of halogens is 1. The number of rotatable bonds is 5. The number of nitrogens with one attached hydrogen (secondary N) is 1. The first-order chi connectivity index (χ1) is 12.1. The molecule has 0 fully saturated rings. The normalized spacial score (nSPS) is 11.0. The third-order valence-corrected chi connectivity index (χ3v) is 4.68. The van der Waals surface area contributed by atoms with Crippen LogP contribution in [0.2, 0.25) is 5.02 Å². The van der Waals surface area contributed by atoms with Crippen molar-refractivity contribution in [2.24, 2.45) is 0 Å². The molecule has 0 aliphatic rings. The van der Waals surface area contributed by atoms with E-state index in [4.69, 9.17) is 21.1 Å². The molecule has 0 aliphatic heterocycles. The molecule has 3 aromatic rings. The Morgan fingerprint density at radius 3 is 2.72 bits per heavy atom. The zero-order valence-corrected chi connectivity index (χ0v) is 15.1. The smallest absolute Gasteiger partial charge is 0.250 e. The lowest BCUT2D eigenvalue weighted by atomic mass is 10.2. The van der Waals surface area contributed by atoms with Crippen LogP contribution in [0.1, 0.15) is 5.56 Å². The number of hydrogen-bond acceptors (Lipinski definition) is 5. The third-order valence-electron chi connectivity index (χ3n) is 3.43. The molecule has 3 rings (SSSR count). The molecule has 7 heteroatoms. The summed E-state index contributed by atoms with van der Waals surface area (Å²) in [6, 6.07) is 10.9. The Morgan fingerprint density at radius 1 is 1.20 bits per heavy atom. The molecule has 0 atom stereocenters. The Hall–Kier alpha value is -2.57. The van der Waals surface area contributed by atoms with Crippen molar-refractivity contribution < 1.29 is 14.3 Å². The fourth-order valence-corrected chi connectivity index (χ4v) is 3.41. The predicted molar refractivity (Wildman–Crippen MR) is 102 cm³/mol. The van der Waals surface area contributed by atoms with Gasteiger partial charge in [-0.25, -0.2) is 4.98 Å². The number of para-hydroxylation sites is 1. The van der Waals surface area contributed by atoms with Crippen LogP contribution in [0.4, 0.5) is 5.13 Å². The first-order valence-electron chi connectivity index (χ1n) is 7.37. The van der Waals surface area contributed by atoms with Gasteiger partial charge in [0.1, 0.15) is 5.52 Å². The predicted octanol–water partition coefficient (Wildman–Crippen LogP) is 4.62. The number of benzene rings is 2. The van der Waals surface area contributed by atoms with Gasteiger partial charge in [0.2, 0.25) is 5.91 Å². The van der Waals surface area contributed by atoms with Gasteiger partial charge in [-0.3, -0.25) is 10.1 Å². The molecule has 128 valence electrons. The highest BCUT2D eigenvalue weighted by atomic mass is 35.5. The molecular weight excluding hydrogens is 360 g/mol. The topological polar surface area (TPSA) is 60.5 Å². The number of aromatic nitrogens is 1. The van der Waals surface area contributed by atoms with Gasteiger partial charge in [-0.05, 0) is 35.9 Å². The summed E-state index contributed by atoms with van der Waals surface area (Å²) in [5.41, 5.74) is 1.51. The van der Waals surface area contributed by atoms with Crippen LogP contribution >= 0.6 is 22.9 Å². The highest BCUT2D eigenvalue weighted by Crippen LogP contribution is 2.31. The molecular formula is C18H15ClN2O3S. The fourth-order valence-electron chi connectivity index (χ4n) is 2.24. The fraction of sp³-hybridized carbons (Fsp3) is 0.111. The number of anilines is 1. The number of carbonyl (C=O) groups excluding carboxylic acids is 1. The van der Waals surface area contributed by atoms with E-state index in [2.05, 4.69) is 10.3 Å². The molecule has 0 unspecified atom stereocenters. The molecule has 0 spiro atoms. The van der Waals surface area contributed by atoms with Crippen LogP contribution in [-0.2, 0) is 4.79 Å². The lowest BCUT2D eigenvalue weighted by Crippen LogP contribution is -2.07. The van der Waals surface area contributed by atoms with Gasteiger partial charge in [-0.2, -0.15) is 0 Å². The van der Waals surface area contributed by atoms with E-state index in [0.29, 0.717) is 27.2 Å². The summed E-state index contributed by atoms with van der Waals surface area (Å²) in [5, 5.41) is 3.82. The molecule has 0 bridgehead atoms. The maximum Gasteiger partial charge on any atom is 0.250 e. The largest absolute Gasteiger partial charge is 0.493 e. The SMILES string of the molecule is COc1ccc(/C=C/C(=O)Nc2nc3c(Cl)cccc3s2)cc1OC. The van der Waals surface area contributed by atoms with Crippen LogP contribution < -0.4 is 14.8 Å². The molecule has 1 heterocycles. The molecule has 1 aromatic heterocycles. The zero-order valence-electron chi connectivity index (χ0n) is 13.6. The summed E-state index contributed by atoms with van der Waals surface area (Å²) in [5.74, 6) is 0.964. The van der Waals surface area contributed by atoms with Gasteiger partial charge >= 0.3 is 0 Å². The summed E-state index contributed by atoms with van der Waals surface area (Å²) in [4.78, 5) is 16.4. The minimum atomic E-state index is -0.273. The monoisotopic (exact) mass is 374 g/mol. The average Bonchev–Trinajstić information content (AvgIpc) is 3.03. The van der Waals surface area contributed by atoms with E-state index >= 15 is 0 Å². The summed E-state index contributed by atoms with van der Waals surface area (Å²) >= 11 is 7.47. The van der Waals surface area contributed by atoms with E-state index in [1.165, 1.54) is 17.4 Å². The van der Waals surface area contributed by atoms with E-state index in [1.807, 2.05) is 18.2 Å². The van der Waals surface area contributed by atoms with E-state index in [1.54, 1.807) is 38.5 Å². The summed E-state index contributed by atoms with van der Waals surface area (Å²) in [6.45, 7) is 0. The molecule has 1 N–H and O–H groups in total. The first-order valence-corrected chi connectivity index (χ1v) is 8.56. The summed E-state index contributed by atoms with van der Waals surface area (Å²) < 4.78 is 11.4. The van der Waals surface area contributed by atoms with Crippen molar-refractivity contribution in [3.8, 4) is 11.5 Å². The van der Waals surface area contributed by atoms with Crippen LogP contribution in [0.5, 0.6) is 11.5 Å². The lowest BCUT2D eigenvalue weighted by Gasteiger charge is -2.07. The molecule has 25 heavy (non-hydrogen) atoms. The third kappa shape index (κ3) is 3.92. The average molecular weight is 375 g/mol. The molecule has 2 aromatic carbocycles. The zero-order chi connectivity index (χ0) is 17.8. The summed E-state index contributed by atoms with van der Waals surface area (Å²) in [7, 11) is 3.14. The molecule has 0 saturated carbocycles. The van der Waals surface area contributed by atoms with Crippen LogP contribution in [0, 0.1) is 0 Å². The maximum atomic E-state index is 12.1. The van der Waals surface area contributed by atoms with Crippen LogP contribution in [0.3, 0.4) is 0 Å². The van der Waals surface area contributed by atoms with Gasteiger partial charge in [-0.15, -0.1) is 0 Å². The Balaban J connectivity index is 1.73. The van der Waals surface area contributed by atoms with Crippen molar-refractivity contribution in [3.63, 3.8) is 0 Å². The number of amides is 1. The Kier molecular flexibility index (Phi) is 5.21. The molecule has 0 radical (unpaired) electrons. The van der Waals surface area contributed by atoms with Crippen molar-refractivity contribution in [1.82, 2.24) is 4.98 Å². The van der Waals surface area contributed by atoms with Crippen molar-refractivity contribution in [3.05, 3.63) is 53.1 Å². The van der Waals surface area contributed by atoms with E-state index in [0.717, 1.165) is 10.3 Å². The quantitative estimate of drug-likeness (QED) is 0.662. The van der Waals surface area contributed by atoms with Crippen molar-refractivity contribution in [1.29, 1.82) is 0 Å². The Bertz CT molecular complexity index is 953. The van der Waals surface area contributed by atoms with Gasteiger partial charge in [0, 0.05) is 6.08 Å². The number of fused-ring (bicyclic) bond motifs is 1. The minimum absolute atomic E-state index is 0.273. The van der Waals surface area contributed by atoms with Gasteiger partial charge in [0.15, 0.2) is 16.6 Å². The van der Waals surface area contributed by atoms with E-state index < -0.39 is 0 Å². The van der Waals surface area contributed by atoms with E-state index in [9.17, 15) is 4.79 Å². The standard InChI is InChI=1S/C18H15ClN2O3S/c1-23-13-8-6-11(10-14(13)24-2)7-9-16(22)20-18-21-17-12(19)4-3-5-15(17)25-18/h3-10H,1-2H3,(H,20,21,22)/b9-7+. The molecule has 5 nitrogen and oxygen atoms in total. The van der Waals surface area contributed by atoms with Gasteiger partial charge in [0.05, 0.1) is 23.9 Å². The van der Waals surface area contributed by atoms with Crippen molar-refractivity contribution >= 4 is 50.3 Å². The van der Waals surface area contributed by atoms with Gasteiger partial charge in [0.25, 0.3) is 0 Å². The van der Waals surface area contributed by atoms with Gasteiger partial charge in [-0.1, -0.05) is 35.1 Å². The molecule has 1 amide bonds. The number of ether oxygens (including phenoxy) is 2. The number of methoxy groups -OCH3 is 2. The number of nitrogens with zero attached hydrogens (tertiary/aromatic N) is 1. The van der Waals surface area contributed by atoms with Crippen LogP contribution in [-0.4, -0.2) is 25.1 Å². The number of hydrogen-bond donors (Lipinski definition) is 1. The second-order valence-corrected chi connectivity index (χ2v) is 6.48. The minimum Gasteiger partial charge on any atom is -0.493 e. The summed E-state index contributed by atoms with van der Waals surface area (Å²) in [6.07, 6.45) is 3.13. The Morgan fingerprint density at radius 2 is 2.00 bits per heavy atom. The number of thiazole rings is 1. The Labute approximate surface area is 153 Å². The second-order valence-electron chi connectivity index (χ2n) is 5.04. The lowest BCUT2D eigenvalue weighted by molar-refractivity contribution is -0.111. The maximum absolute atomic E-state index is 12.1. The molecule has 0 aliphatic carbocycles. The number of carbonyl (C=O) groups is 1. The van der Waals surface area contributed by atoms with Gasteiger partial charge < -0.3 is 9.47 Å². The van der Waals surface area contributed by atoms with E-state index in [-0.39, 0.29) is 5.91 Å². The highest BCUT2D eigenvalue weighted by molar-refractivity contribution is 7.22.